The van der Waals surface area contributed by atoms with Crippen molar-refractivity contribution in [2.75, 3.05) is 33.4 Å². The number of ether oxygens (including phenoxy) is 1. The summed E-state index contributed by atoms with van der Waals surface area (Å²) in [7, 11) is 1.65. The Hall–Kier alpha value is -0.610. The average molecular weight is 242 g/mol. The molecule has 0 aromatic carbocycles. The second kappa shape index (κ2) is 7.67. The predicted molar refractivity (Wildman–Crippen MR) is 68.9 cm³/mol. The SMILES string of the molecule is CCCN(CC(=O)NC(C)COC)CC1CC1. The highest BCUT2D eigenvalue weighted by Crippen LogP contribution is 2.29. The van der Waals surface area contributed by atoms with Gasteiger partial charge in [-0.25, -0.2) is 0 Å². The van der Waals surface area contributed by atoms with E-state index in [9.17, 15) is 4.79 Å². The maximum atomic E-state index is 11.8. The van der Waals surface area contributed by atoms with Gasteiger partial charge in [0.1, 0.15) is 0 Å². The number of carbonyl (C=O) groups excluding carboxylic acids is 1. The highest BCUT2D eigenvalue weighted by molar-refractivity contribution is 5.78. The molecule has 0 aromatic rings. The van der Waals surface area contributed by atoms with Crippen LogP contribution in [0.1, 0.15) is 33.1 Å². The molecule has 1 fully saturated rings. The Morgan fingerprint density at radius 3 is 2.76 bits per heavy atom. The lowest BCUT2D eigenvalue weighted by Gasteiger charge is -2.22. The first kappa shape index (κ1) is 14.5. The van der Waals surface area contributed by atoms with Gasteiger partial charge in [-0.3, -0.25) is 9.69 Å². The Morgan fingerprint density at radius 1 is 1.53 bits per heavy atom. The van der Waals surface area contributed by atoms with Crippen molar-refractivity contribution in [1.29, 1.82) is 0 Å². The van der Waals surface area contributed by atoms with Crippen LogP contribution in [-0.4, -0.2) is 50.2 Å². The van der Waals surface area contributed by atoms with Crippen molar-refractivity contribution < 1.29 is 9.53 Å². The van der Waals surface area contributed by atoms with Crippen molar-refractivity contribution >= 4 is 5.91 Å². The molecule has 0 aliphatic heterocycles. The smallest absolute Gasteiger partial charge is 0.234 e. The Morgan fingerprint density at radius 2 is 2.24 bits per heavy atom. The van der Waals surface area contributed by atoms with E-state index in [2.05, 4.69) is 17.1 Å². The second-order valence-electron chi connectivity index (χ2n) is 5.10. The summed E-state index contributed by atoms with van der Waals surface area (Å²) >= 11 is 0. The Labute approximate surface area is 105 Å². The van der Waals surface area contributed by atoms with Gasteiger partial charge >= 0.3 is 0 Å². The van der Waals surface area contributed by atoms with Crippen LogP contribution in [0.15, 0.2) is 0 Å². The van der Waals surface area contributed by atoms with Gasteiger partial charge in [-0.15, -0.1) is 0 Å². The number of hydrogen-bond donors (Lipinski definition) is 1. The third kappa shape index (κ3) is 6.64. The summed E-state index contributed by atoms with van der Waals surface area (Å²) in [4.78, 5) is 14.1. The van der Waals surface area contributed by atoms with E-state index in [1.807, 2.05) is 6.92 Å². The third-order valence-electron chi connectivity index (χ3n) is 2.94. The zero-order valence-corrected chi connectivity index (χ0v) is 11.4. The van der Waals surface area contributed by atoms with Crippen molar-refractivity contribution in [2.24, 2.45) is 5.92 Å². The van der Waals surface area contributed by atoms with Crippen LogP contribution in [0.25, 0.3) is 0 Å². The molecule has 1 aliphatic rings. The quantitative estimate of drug-likeness (QED) is 0.662. The number of amides is 1. The van der Waals surface area contributed by atoms with E-state index < -0.39 is 0 Å². The number of hydrogen-bond acceptors (Lipinski definition) is 3. The van der Waals surface area contributed by atoms with Crippen LogP contribution < -0.4 is 5.32 Å². The van der Waals surface area contributed by atoms with Crippen LogP contribution in [0.4, 0.5) is 0 Å². The molecule has 0 saturated heterocycles. The van der Waals surface area contributed by atoms with E-state index in [1.54, 1.807) is 7.11 Å². The van der Waals surface area contributed by atoms with E-state index >= 15 is 0 Å². The normalized spacial score (nSPS) is 17.2. The summed E-state index contributed by atoms with van der Waals surface area (Å²) < 4.78 is 5.00. The molecule has 1 rings (SSSR count). The van der Waals surface area contributed by atoms with Crippen LogP contribution in [-0.2, 0) is 9.53 Å². The summed E-state index contributed by atoms with van der Waals surface area (Å²) in [6.45, 7) is 7.32. The second-order valence-corrected chi connectivity index (χ2v) is 5.10. The lowest BCUT2D eigenvalue weighted by atomic mass is 10.3. The van der Waals surface area contributed by atoms with Crippen molar-refractivity contribution in [2.45, 2.75) is 39.2 Å². The highest BCUT2D eigenvalue weighted by atomic mass is 16.5. The van der Waals surface area contributed by atoms with Crippen molar-refractivity contribution in [1.82, 2.24) is 10.2 Å². The molecule has 1 atom stereocenters. The third-order valence-corrected chi connectivity index (χ3v) is 2.94. The largest absolute Gasteiger partial charge is 0.383 e. The first-order valence-electron chi connectivity index (χ1n) is 6.66. The molecular formula is C13H26N2O2. The molecule has 100 valence electrons. The van der Waals surface area contributed by atoms with Crippen molar-refractivity contribution in [3.8, 4) is 0 Å². The molecule has 4 heteroatoms. The van der Waals surface area contributed by atoms with Gasteiger partial charge in [0.2, 0.25) is 5.91 Å². The van der Waals surface area contributed by atoms with Gasteiger partial charge in [-0.2, -0.15) is 0 Å². The van der Waals surface area contributed by atoms with Gasteiger partial charge in [0.05, 0.1) is 13.2 Å². The minimum atomic E-state index is 0.0944. The average Bonchev–Trinajstić information content (AvgIpc) is 3.01. The number of rotatable bonds is 9. The molecule has 0 aromatic heterocycles. The summed E-state index contributed by atoms with van der Waals surface area (Å²) in [6.07, 6.45) is 3.78. The predicted octanol–water partition coefficient (Wildman–Crippen LogP) is 1.26. The fourth-order valence-corrected chi connectivity index (χ4v) is 2.03. The molecule has 0 heterocycles. The van der Waals surface area contributed by atoms with Crippen LogP contribution in [0.3, 0.4) is 0 Å². The van der Waals surface area contributed by atoms with Gasteiger partial charge < -0.3 is 10.1 Å². The molecule has 4 nitrogen and oxygen atoms in total. The van der Waals surface area contributed by atoms with Gasteiger partial charge in [0, 0.05) is 19.7 Å². The Kier molecular flexibility index (Phi) is 6.52. The molecule has 1 N–H and O–H groups in total. The van der Waals surface area contributed by atoms with Crippen LogP contribution in [0.2, 0.25) is 0 Å². The van der Waals surface area contributed by atoms with E-state index in [0.29, 0.717) is 13.2 Å². The zero-order valence-electron chi connectivity index (χ0n) is 11.4. The maximum absolute atomic E-state index is 11.8. The lowest BCUT2D eigenvalue weighted by molar-refractivity contribution is -0.123. The fraction of sp³-hybridized carbons (Fsp3) is 0.923. The van der Waals surface area contributed by atoms with Crippen LogP contribution >= 0.6 is 0 Å². The molecule has 1 unspecified atom stereocenters. The fourth-order valence-electron chi connectivity index (χ4n) is 2.03. The molecular weight excluding hydrogens is 216 g/mol. The van der Waals surface area contributed by atoms with E-state index in [0.717, 1.165) is 25.4 Å². The van der Waals surface area contributed by atoms with E-state index in [4.69, 9.17) is 4.74 Å². The Bertz CT molecular complexity index is 229. The van der Waals surface area contributed by atoms with E-state index in [1.165, 1.54) is 12.8 Å². The Balaban J connectivity index is 2.24. The topological polar surface area (TPSA) is 41.6 Å². The molecule has 1 aliphatic carbocycles. The molecule has 0 bridgehead atoms. The van der Waals surface area contributed by atoms with Crippen LogP contribution in [0.5, 0.6) is 0 Å². The summed E-state index contributed by atoms with van der Waals surface area (Å²) in [5.41, 5.74) is 0. The van der Waals surface area contributed by atoms with Gasteiger partial charge in [0.25, 0.3) is 0 Å². The van der Waals surface area contributed by atoms with Crippen molar-refractivity contribution in [3.05, 3.63) is 0 Å². The minimum absolute atomic E-state index is 0.0944. The number of nitrogens with zero attached hydrogens (tertiary/aromatic N) is 1. The zero-order chi connectivity index (χ0) is 12.7. The first-order valence-corrected chi connectivity index (χ1v) is 6.66. The minimum Gasteiger partial charge on any atom is -0.383 e. The maximum Gasteiger partial charge on any atom is 0.234 e. The number of nitrogens with one attached hydrogen (secondary N) is 1. The molecule has 0 spiro atoms. The standard InChI is InChI=1S/C13H26N2O2/c1-4-7-15(8-12-5-6-12)9-13(16)14-11(2)10-17-3/h11-12H,4-10H2,1-3H3,(H,14,16). The number of carbonyl (C=O) groups is 1. The van der Waals surface area contributed by atoms with E-state index in [-0.39, 0.29) is 11.9 Å². The molecule has 1 amide bonds. The first-order chi connectivity index (χ1) is 8.15. The van der Waals surface area contributed by atoms with Gasteiger partial charge in [-0.1, -0.05) is 6.92 Å². The van der Waals surface area contributed by atoms with Crippen molar-refractivity contribution in [3.63, 3.8) is 0 Å². The molecule has 1 saturated carbocycles. The van der Waals surface area contributed by atoms with Crippen LogP contribution in [0, 0.1) is 5.92 Å². The summed E-state index contributed by atoms with van der Waals surface area (Å²) in [5.74, 6) is 0.953. The summed E-state index contributed by atoms with van der Waals surface area (Å²) in [5, 5.41) is 2.96. The lowest BCUT2D eigenvalue weighted by Crippen LogP contribution is -2.43. The molecule has 17 heavy (non-hydrogen) atoms. The summed E-state index contributed by atoms with van der Waals surface area (Å²) in [6, 6.07) is 0.0944. The molecule has 0 radical (unpaired) electrons. The van der Waals surface area contributed by atoms with Gasteiger partial charge in [0.15, 0.2) is 0 Å². The monoisotopic (exact) mass is 242 g/mol. The highest BCUT2D eigenvalue weighted by Gasteiger charge is 2.24. The van der Waals surface area contributed by atoms with Gasteiger partial charge in [-0.05, 0) is 38.6 Å². The number of methoxy groups -OCH3 is 1.